The summed E-state index contributed by atoms with van der Waals surface area (Å²) in [6, 6.07) is -0.314. The molecular weight excluding hydrogens is 244 g/mol. The van der Waals surface area contributed by atoms with Crippen molar-refractivity contribution in [2.45, 2.75) is 52.6 Å². The molecule has 3 unspecified atom stereocenters. The Hall–Kier alpha value is -0.810. The van der Waals surface area contributed by atoms with Crippen LogP contribution in [0, 0.1) is 11.3 Å². The van der Waals surface area contributed by atoms with Crippen LogP contribution in [0.1, 0.15) is 40.5 Å². The number of carbonyl (C=O) groups excluding carboxylic acids is 1. The number of ether oxygens (including phenoxy) is 1. The van der Waals surface area contributed by atoms with Gasteiger partial charge in [0.25, 0.3) is 0 Å². The molecule has 19 heavy (non-hydrogen) atoms. The summed E-state index contributed by atoms with van der Waals surface area (Å²) in [4.78, 5) is 11.9. The van der Waals surface area contributed by atoms with Gasteiger partial charge in [-0.15, -0.1) is 0 Å². The van der Waals surface area contributed by atoms with Crippen LogP contribution in [0.15, 0.2) is 0 Å². The lowest BCUT2D eigenvalue weighted by Gasteiger charge is -2.27. The summed E-state index contributed by atoms with van der Waals surface area (Å²) in [5.74, 6) is 0.390. The maximum absolute atomic E-state index is 11.9. The van der Waals surface area contributed by atoms with Crippen molar-refractivity contribution in [2.75, 3.05) is 19.8 Å². The minimum atomic E-state index is -0.206. The zero-order valence-corrected chi connectivity index (χ0v) is 12.5. The molecule has 1 aliphatic heterocycles. The van der Waals surface area contributed by atoms with Gasteiger partial charge in [-0.2, -0.15) is 0 Å². The molecule has 0 aromatic heterocycles. The fraction of sp³-hybridized carbons (Fsp3) is 0.929. The van der Waals surface area contributed by atoms with E-state index >= 15 is 0 Å². The van der Waals surface area contributed by atoms with Crippen LogP contribution in [0.2, 0.25) is 0 Å². The van der Waals surface area contributed by atoms with Crippen molar-refractivity contribution in [3.63, 3.8) is 0 Å². The fourth-order valence-electron chi connectivity index (χ4n) is 2.40. The normalized spacial score (nSPS) is 22.9. The molecule has 2 amide bonds. The average molecular weight is 272 g/mol. The molecule has 3 N–H and O–H groups in total. The van der Waals surface area contributed by atoms with E-state index in [1.54, 1.807) is 0 Å². The number of rotatable bonds is 5. The van der Waals surface area contributed by atoms with Crippen LogP contribution in [0.5, 0.6) is 0 Å². The van der Waals surface area contributed by atoms with E-state index in [0.717, 1.165) is 19.4 Å². The highest BCUT2D eigenvalue weighted by molar-refractivity contribution is 5.74. The van der Waals surface area contributed by atoms with Crippen LogP contribution in [0.25, 0.3) is 0 Å². The molecule has 0 aromatic rings. The Morgan fingerprint density at radius 1 is 1.42 bits per heavy atom. The van der Waals surface area contributed by atoms with E-state index in [1.165, 1.54) is 0 Å². The van der Waals surface area contributed by atoms with E-state index in [2.05, 4.69) is 31.4 Å². The Morgan fingerprint density at radius 2 is 2.11 bits per heavy atom. The molecule has 1 saturated heterocycles. The summed E-state index contributed by atoms with van der Waals surface area (Å²) < 4.78 is 5.32. The Bertz CT molecular complexity index is 283. The van der Waals surface area contributed by atoms with Crippen molar-refractivity contribution in [3.8, 4) is 0 Å². The van der Waals surface area contributed by atoms with Gasteiger partial charge < -0.3 is 20.5 Å². The zero-order valence-electron chi connectivity index (χ0n) is 12.5. The standard InChI is InChI=1S/C14H28N2O3/c1-10(11-5-6-19-9-11)15-13(18)16-12(8-17)7-14(2,3)4/h10-12,17H,5-9H2,1-4H3,(H2,15,16,18). The van der Waals surface area contributed by atoms with Gasteiger partial charge in [-0.1, -0.05) is 20.8 Å². The smallest absolute Gasteiger partial charge is 0.315 e. The summed E-state index contributed by atoms with van der Waals surface area (Å²) in [5.41, 5.74) is 0.0750. The van der Waals surface area contributed by atoms with Gasteiger partial charge in [0.1, 0.15) is 0 Å². The van der Waals surface area contributed by atoms with Gasteiger partial charge in [-0.05, 0) is 25.2 Å². The Morgan fingerprint density at radius 3 is 2.58 bits per heavy atom. The highest BCUT2D eigenvalue weighted by atomic mass is 16.5. The lowest BCUT2D eigenvalue weighted by atomic mass is 9.88. The number of hydrogen-bond donors (Lipinski definition) is 3. The van der Waals surface area contributed by atoms with Crippen LogP contribution < -0.4 is 10.6 Å². The number of nitrogens with one attached hydrogen (secondary N) is 2. The van der Waals surface area contributed by atoms with E-state index < -0.39 is 0 Å². The average Bonchev–Trinajstić information content (AvgIpc) is 2.79. The summed E-state index contributed by atoms with van der Waals surface area (Å²) in [6.45, 7) is 9.73. The molecule has 0 aliphatic carbocycles. The second-order valence-corrected chi connectivity index (χ2v) is 6.67. The van der Waals surface area contributed by atoms with Gasteiger partial charge in [0.05, 0.1) is 19.3 Å². The molecule has 5 nitrogen and oxygen atoms in total. The summed E-state index contributed by atoms with van der Waals surface area (Å²) in [5, 5.41) is 15.1. The van der Waals surface area contributed by atoms with Crippen molar-refractivity contribution in [3.05, 3.63) is 0 Å². The number of carbonyl (C=O) groups is 1. The number of aliphatic hydroxyl groups excluding tert-OH is 1. The second-order valence-electron chi connectivity index (χ2n) is 6.67. The Labute approximate surface area is 116 Å². The molecule has 1 heterocycles. The lowest BCUT2D eigenvalue weighted by molar-refractivity contribution is 0.174. The molecule has 1 fully saturated rings. The Kier molecular flexibility index (Phi) is 6.07. The third-order valence-electron chi connectivity index (χ3n) is 3.45. The van der Waals surface area contributed by atoms with Gasteiger partial charge >= 0.3 is 6.03 Å². The third kappa shape index (κ3) is 6.25. The number of aliphatic hydroxyl groups is 1. The van der Waals surface area contributed by atoms with Crippen molar-refractivity contribution < 1.29 is 14.6 Å². The van der Waals surface area contributed by atoms with Gasteiger partial charge in [-0.25, -0.2) is 4.79 Å². The topological polar surface area (TPSA) is 70.6 Å². The first-order valence-corrected chi connectivity index (χ1v) is 7.07. The first-order chi connectivity index (χ1) is 8.81. The maximum Gasteiger partial charge on any atom is 0.315 e. The van der Waals surface area contributed by atoms with Gasteiger partial charge in [0.15, 0.2) is 0 Å². The first-order valence-electron chi connectivity index (χ1n) is 7.07. The number of urea groups is 1. The minimum absolute atomic E-state index is 0.0361. The van der Waals surface area contributed by atoms with Crippen LogP contribution >= 0.6 is 0 Å². The molecule has 0 spiro atoms. The number of amides is 2. The van der Waals surface area contributed by atoms with Crippen molar-refractivity contribution in [2.24, 2.45) is 11.3 Å². The molecule has 0 saturated carbocycles. The highest BCUT2D eigenvalue weighted by Gasteiger charge is 2.25. The molecular formula is C14H28N2O3. The fourth-order valence-corrected chi connectivity index (χ4v) is 2.40. The van der Waals surface area contributed by atoms with E-state index in [0.29, 0.717) is 12.5 Å². The van der Waals surface area contributed by atoms with E-state index in [4.69, 9.17) is 4.74 Å². The lowest BCUT2D eigenvalue weighted by Crippen LogP contribution is -2.49. The van der Waals surface area contributed by atoms with Gasteiger partial charge in [0, 0.05) is 18.6 Å². The van der Waals surface area contributed by atoms with Crippen molar-refractivity contribution >= 4 is 6.03 Å². The molecule has 5 heteroatoms. The molecule has 112 valence electrons. The summed E-state index contributed by atoms with van der Waals surface area (Å²) >= 11 is 0. The van der Waals surface area contributed by atoms with E-state index in [-0.39, 0.29) is 30.1 Å². The van der Waals surface area contributed by atoms with E-state index in [1.807, 2.05) is 6.92 Å². The Balaban J connectivity index is 2.35. The van der Waals surface area contributed by atoms with E-state index in [9.17, 15) is 9.90 Å². The van der Waals surface area contributed by atoms with Gasteiger partial charge in [0.2, 0.25) is 0 Å². The van der Waals surface area contributed by atoms with Crippen LogP contribution in [-0.4, -0.2) is 43.0 Å². The number of hydrogen-bond acceptors (Lipinski definition) is 3. The van der Waals surface area contributed by atoms with Crippen LogP contribution in [-0.2, 0) is 4.74 Å². The highest BCUT2D eigenvalue weighted by Crippen LogP contribution is 2.20. The molecule has 3 atom stereocenters. The zero-order chi connectivity index (χ0) is 14.5. The van der Waals surface area contributed by atoms with Crippen LogP contribution in [0.3, 0.4) is 0 Å². The molecule has 0 radical (unpaired) electrons. The molecule has 0 aromatic carbocycles. The predicted octanol–water partition coefficient (Wildman–Crippen LogP) is 1.51. The summed E-state index contributed by atoms with van der Waals surface area (Å²) in [6.07, 6.45) is 1.74. The minimum Gasteiger partial charge on any atom is -0.394 e. The summed E-state index contributed by atoms with van der Waals surface area (Å²) in [7, 11) is 0. The third-order valence-corrected chi connectivity index (χ3v) is 3.45. The SMILES string of the molecule is CC(NC(=O)NC(CO)CC(C)(C)C)C1CCOC1. The second kappa shape index (κ2) is 7.10. The monoisotopic (exact) mass is 272 g/mol. The molecule has 0 bridgehead atoms. The first kappa shape index (κ1) is 16.2. The largest absolute Gasteiger partial charge is 0.394 e. The maximum atomic E-state index is 11.9. The van der Waals surface area contributed by atoms with Crippen molar-refractivity contribution in [1.82, 2.24) is 10.6 Å². The molecule has 1 aliphatic rings. The molecule has 1 rings (SSSR count). The van der Waals surface area contributed by atoms with Crippen LogP contribution in [0.4, 0.5) is 4.79 Å². The van der Waals surface area contributed by atoms with Crippen molar-refractivity contribution in [1.29, 1.82) is 0 Å². The quantitative estimate of drug-likeness (QED) is 0.710. The predicted molar refractivity (Wildman–Crippen MR) is 75.0 cm³/mol. The van der Waals surface area contributed by atoms with Gasteiger partial charge in [-0.3, -0.25) is 0 Å².